The summed E-state index contributed by atoms with van der Waals surface area (Å²) in [6.07, 6.45) is 4.88. The van der Waals surface area contributed by atoms with Crippen LogP contribution in [0.4, 0.5) is 0 Å². The summed E-state index contributed by atoms with van der Waals surface area (Å²) in [7, 11) is 0. The molecule has 0 amide bonds. The fourth-order valence-corrected chi connectivity index (χ4v) is 2.08. The minimum Gasteiger partial charge on any atom is -0.396 e. The lowest BCUT2D eigenvalue weighted by Gasteiger charge is -2.23. The average molecular weight is 199 g/mol. The van der Waals surface area contributed by atoms with Gasteiger partial charge in [0.1, 0.15) is 0 Å². The van der Waals surface area contributed by atoms with Crippen LogP contribution in [0.1, 0.15) is 25.7 Å². The van der Waals surface area contributed by atoms with Crippen LogP contribution in [0.5, 0.6) is 0 Å². The summed E-state index contributed by atoms with van der Waals surface area (Å²) < 4.78 is 5.42. The molecular weight excluding hydrogens is 178 g/mol. The van der Waals surface area contributed by atoms with Crippen LogP contribution >= 0.6 is 0 Å². The number of aliphatic hydroxyl groups excluding tert-OH is 1. The summed E-state index contributed by atoms with van der Waals surface area (Å²) in [4.78, 5) is 0. The first-order valence-electron chi connectivity index (χ1n) is 5.74. The van der Waals surface area contributed by atoms with Crippen molar-refractivity contribution >= 4 is 0 Å². The van der Waals surface area contributed by atoms with Gasteiger partial charge in [0.15, 0.2) is 0 Å². The van der Waals surface area contributed by atoms with E-state index in [2.05, 4.69) is 5.32 Å². The Morgan fingerprint density at radius 1 is 1.43 bits per heavy atom. The van der Waals surface area contributed by atoms with E-state index in [1.54, 1.807) is 0 Å². The van der Waals surface area contributed by atoms with E-state index < -0.39 is 0 Å². The molecule has 3 nitrogen and oxygen atoms in total. The number of hydrogen-bond acceptors (Lipinski definition) is 3. The Kier molecular flexibility index (Phi) is 3.42. The van der Waals surface area contributed by atoms with E-state index in [1.807, 2.05) is 0 Å². The molecular formula is C11H21NO2. The van der Waals surface area contributed by atoms with Crippen LogP contribution in [0.3, 0.4) is 0 Å². The molecule has 0 bridgehead atoms. The molecule has 3 heteroatoms. The van der Waals surface area contributed by atoms with Crippen LogP contribution in [0.15, 0.2) is 0 Å². The van der Waals surface area contributed by atoms with Crippen molar-refractivity contribution in [3.05, 3.63) is 0 Å². The summed E-state index contributed by atoms with van der Waals surface area (Å²) in [6, 6.07) is 0. The number of rotatable bonds is 5. The van der Waals surface area contributed by atoms with E-state index in [-0.39, 0.29) is 5.41 Å². The fourth-order valence-electron chi connectivity index (χ4n) is 2.08. The predicted molar refractivity (Wildman–Crippen MR) is 55.2 cm³/mol. The number of ether oxygens (including phenoxy) is 1. The zero-order valence-electron chi connectivity index (χ0n) is 8.80. The van der Waals surface area contributed by atoms with Crippen molar-refractivity contribution in [1.82, 2.24) is 5.32 Å². The molecule has 1 atom stereocenters. The molecule has 2 fully saturated rings. The molecule has 1 saturated heterocycles. The minimum atomic E-state index is 0.246. The third-order valence-electron chi connectivity index (χ3n) is 3.48. The smallest absolute Gasteiger partial charge is 0.0506 e. The lowest BCUT2D eigenvalue weighted by molar-refractivity contribution is 0.0540. The molecule has 0 aromatic rings. The highest BCUT2D eigenvalue weighted by atomic mass is 16.5. The Morgan fingerprint density at radius 2 is 2.29 bits per heavy atom. The fraction of sp³-hybridized carbons (Fsp3) is 1.00. The van der Waals surface area contributed by atoms with Crippen molar-refractivity contribution in [3.63, 3.8) is 0 Å². The second-order valence-corrected chi connectivity index (χ2v) is 4.87. The zero-order chi connectivity index (χ0) is 9.86. The minimum absolute atomic E-state index is 0.246. The second kappa shape index (κ2) is 4.60. The molecule has 0 radical (unpaired) electrons. The largest absolute Gasteiger partial charge is 0.396 e. The van der Waals surface area contributed by atoms with Crippen LogP contribution in [0.25, 0.3) is 0 Å². The first kappa shape index (κ1) is 10.4. The Labute approximate surface area is 85.8 Å². The highest BCUT2D eigenvalue weighted by Crippen LogP contribution is 2.44. The molecule has 1 saturated carbocycles. The van der Waals surface area contributed by atoms with Crippen LogP contribution in [-0.4, -0.2) is 38.0 Å². The quantitative estimate of drug-likeness (QED) is 0.687. The highest BCUT2D eigenvalue weighted by molar-refractivity contribution is 4.94. The molecule has 0 aromatic heterocycles. The van der Waals surface area contributed by atoms with Gasteiger partial charge in [-0.2, -0.15) is 0 Å². The first-order valence-corrected chi connectivity index (χ1v) is 5.74. The molecule has 2 rings (SSSR count). The predicted octanol–water partition coefficient (Wildman–Crippen LogP) is 0.775. The Balaban J connectivity index is 1.58. The summed E-state index contributed by atoms with van der Waals surface area (Å²) in [5.41, 5.74) is 0.246. The summed E-state index contributed by atoms with van der Waals surface area (Å²) >= 11 is 0. The first-order chi connectivity index (χ1) is 6.85. The van der Waals surface area contributed by atoms with Crippen LogP contribution < -0.4 is 5.32 Å². The van der Waals surface area contributed by atoms with Crippen molar-refractivity contribution in [1.29, 1.82) is 0 Å². The van der Waals surface area contributed by atoms with Gasteiger partial charge in [0.05, 0.1) is 6.61 Å². The normalized spacial score (nSPS) is 30.2. The number of nitrogens with one attached hydrogen (secondary N) is 1. The lowest BCUT2D eigenvalue weighted by atomic mass is 10.0. The second-order valence-electron chi connectivity index (χ2n) is 4.87. The van der Waals surface area contributed by atoms with E-state index >= 15 is 0 Å². The van der Waals surface area contributed by atoms with Gasteiger partial charge < -0.3 is 15.2 Å². The van der Waals surface area contributed by atoms with Gasteiger partial charge in [-0.3, -0.25) is 0 Å². The van der Waals surface area contributed by atoms with Crippen LogP contribution in [-0.2, 0) is 4.74 Å². The standard InChI is InChI=1S/C11H21NO2/c13-9-11(3-4-11)8-12-6-10-2-1-5-14-7-10/h10,12-13H,1-9H2. The zero-order valence-corrected chi connectivity index (χ0v) is 8.80. The Morgan fingerprint density at radius 3 is 2.86 bits per heavy atom. The van der Waals surface area contributed by atoms with E-state index in [4.69, 9.17) is 9.84 Å². The molecule has 0 spiro atoms. The maximum Gasteiger partial charge on any atom is 0.0506 e. The van der Waals surface area contributed by atoms with Gasteiger partial charge in [-0.15, -0.1) is 0 Å². The summed E-state index contributed by atoms with van der Waals surface area (Å²) in [5.74, 6) is 0.693. The Bertz CT molecular complexity index is 174. The number of aliphatic hydroxyl groups is 1. The summed E-state index contributed by atoms with van der Waals surface area (Å²) in [5, 5.41) is 12.6. The van der Waals surface area contributed by atoms with E-state index in [1.165, 1.54) is 25.7 Å². The number of hydrogen-bond donors (Lipinski definition) is 2. The van der Waals surface area contributed by atoms with Gasteiger partial charge in [0.2, 0.25) is 0 Å². The average Bonchev–Trinajstić information content (AvgIpc) is 3.00. The van der Waals surface area contributed by atoms with Crippen molar-refractivity contribution in [2.45, 2.75) is 25.7 Å². The molecule has 1 aliphatic carbocycles. The topological polar surface area (TPSA) is 41.5 Å². The Hall–Kier alpha value is -0.120. The van der Waals surface area contributed by atoms with E-state index in [0.29, 0.717) is 12.5 Å². The third kappa shape index (κ3) is 2.69. The third-order valence-corrected chi connectivity index (χ3v) is 3.48. The molecule has 14 heavy (non-hydrogen) atoms. The SMILES string of the molecule is OCC1(CNCC2CCCOC2)CC1. The van der Waals surface area contributed by atoms with Gasteiger partial charge in [0, 0.05) is 31.7 Å². The molecule has 2 N–H and O–H groups in total. The van der Waals surface area contributed by atoms with Crippen molar-refractivity contribution in [3.8, 4) is 0 Å². The molecule has 1 unspecified atom stereocenters. The van der Waals surface area contributed by atoms with Crippen molar-refractivity contribution in [2.75, 3.05) is 32.9 Å². The van der Waals surface area contributed by atoms with Crippen molar-refractivity contribution < 1.29 is 9.84 Å². The maximum atomic E-state index is 9.13. The molecule has 82 valence electrons. The van der Waals surface area contributed by atoms with Gasteiger partial charge in [-0.05, 0) is 31.6 Å². The monoisotopic (exact) mass is 199 g/mol. The van der Waals surface area contributed by atoms with Crippen LogP contribution in [0, 0.1) is 11.3 Å². The van der Waals surface area contributed by atoms with Gasteiger partial charge >= 0.3 is 0 Å². The lowest BCUT2D eigenvalue weighted by Crippen LogP contribution is -2.33. The van der Waals surface area contributed by atoms with E-state index in [9.17, 15) is 0 Å². The van der Waals surface area contributed by atoms with Gasteiger partial charge in [-0.1, -0.05) is 0 Å². The molecule has 1 aliphatic heterocycles. The maximum absolute atomic E-state index is 9.13. The van der Waals surface area contributed by atoms with Gasteiger partial charge in [-0.25, -0.2) is 0 Å². The van der Waals surface area contributed by atoms with Gasteiger partial charge in [0.25, 0.3) is 0 Å². The molecule has 1 heterocycles. The van der Waals surface area contributed by atoms with Crippen molar-refractivity contribution in [2.24, 2.45) is 11.3 Å². The summed E-state index contributed by atoms with van der Waals surface area (Å²) in [6.45, 7) is 4.25. The highest BCUT2D eigenvalue weighted by Gasteiger charge is 2.41. The molecule has 2 aliphatic rings. The molecule has 0 aromatic carbocycles. The van der Waals surface area contributed by atoms with Crippen LogP contribution in [0.2, 0.25) is 0 Å². The van der Waals surface area contributed by atoms with E-state index in [0.717, 1.165) is 26.3 Å².